The molecule has 0 radical (unpaired) electrons. The van der Waals surface area contributed by atoms with Crippen LogP contribution in [-0.2, 0) is 0 Å². The fraction of sp³-hybridized carbons (Fsp3) is 0. The summed E-state index contributed by atoms with van der Waals surface area (Å²) in [7, 11) is 0. The van der Waals surface area contributed by atoms with Crippen molar-refractivity contribution in [2.45, 2.75) is 0 Å². The van der Waals surface area contributed by atoms with Crippen LogP contribution in [0.3, 0.4) is 0 Å². The summed E-state index contributed by atoms with van der Waals surface area (Å²) in [5.74, 6) is 0. The van der Waals surface area contributed by atoms with Gasteiger partial charge in [0.05, 0.1) is 11.0 Å². The molecule has 0 saturated carbocycles. The lowest BCUT2D eigenvalue weighted by molar-refractivity contribution is 1.18. The molecule has 0 saturated heterocycles. The smallest absolute Gasteiger partial charge is 0.0542 e. The van der Waals surface area contributed by atoms with Crippen molar-refractivity contribution in [3.63, 3.8) is 0 Å². The Bertz CT molecular complexity index is 2180. The summed E-state index contributed by atoms with van der Waals surface area (Å²) >= 11 is 0. The second kappa shape index (κ2) is 9.14. The normalized spacial score (nSPS) is 11.5. The summed E-state index contributed by atoms with van der Waals surface area (Å²) in [6.07, 6.45) is 0. The van der Waals surface area contributed by atoms with E-state index >= 15 is 0 Å². The quantitative estimate of drug-likeness (QED) is 0.249. The zero-order valence-electron chi connectivity index (χ0n) is 21.9. The minimum Gasteiger partial charge on any atom is -0.355 e. The highest BCUT2D eigenvalue weighted by atomic mass is 15.0. The van der Waals surface area contributed by atoms with E-state index in [4.69, 9.17) is 0 Å². The molecule has 8 rings (SSSR count). The van der Waals surface area contributed by atoms with Crippen LogP contribution in [0, 0.1) is 0 Å². The third-order valence-electron chi connectivity index (χ3n) is 7.92. The van der Waals surface area contributed by atoms with Crippen molar-refractivity contribution in [2.75, 3.05) is 5.32 Å². The molecular formula is C38H26N2. The predicted octanol–water partition coefficient (Wildman–Crippen LogP) is 10.5. The molecule has 0 fully saturated rings. The number of rotatable bonds is 4. The number of hydrogen-bond donors (Lipinski definition) is 1. The van der Waals surface area contributed by atoms with E-state index in [1.54, 1.807) is 0 Å². The number of hydrogen-bond acceptors (Lipinski definition) is 1. The van der Waals surface area contributed by atoms with Crippen molar-refractivity contribution in [3.8, 4) is 16.8 Å². The van der Waals surface area contributed by atoms with Gasteiger partial charge in [-0.15, -0.1) is 0 Å². The van der Waals surface area contributed by atoms with E-state index in [2.05, 4.69) is 162 Å². The van der Waals surface area contributed by atoms with Gasteiger partial charge in [0.15, 0.2) is 0 Å². The van der Waals surface area contributed by atoms with Crippen LogP contribution in [0.2, 0.25) is 0 Å². The molecule has 8 aromatic rings. The van der Waals surface area contributed by atoms with Crippen LogP contribution in [0.25, 0.3) is 60.2 Å². The first-order valence-electron chi connectivity index (χ1n) is 13.7. The molecule has 1 heterocycles. The number of fused-ring (bicyclic) bond motifs is 5. The van der Waals surface area contributed by atoms with Gasteiger partial charge in [-0.25, -0.2) is 0 Å². The molecule has 0 amide bonds. The number of nitrogens with zero attached hydrogens (tertiary/aromatic N) is 1. The number of aromatic nitrogens is 1. The van der Waals surface area contributed by atoms with Gasteiger partial charge in [-0.2, -0.15) is 0 Å². The maximum Gasteiger partial charge on any atom is 0.0542 e. The van der Waals surface area contributed by atoms with Gasteiger partial charge in [0.25, 0.3) is 0 Å². The van der Waals surface area contributed by atoms with Gasteiger partial charge in [-0.3, -0.25) is 0 Å². The highest BCUT2D eigenvalue weighted by molar-refractivity contribution is 6.10. The first-order chi connectivity index (χ1) is 19.8. The molecule has 2 nitrogen and oxygen atoms in total. The standard InChI is InChI=1S/C38H26N2/c1-2-11-32(12-3-1)40-37-16-7-6-14-35(37)36-25-31(21-22-38(36)40)39-30-20-19-27-23-29(18-17-28(27)24-30)34-15-8-10-26-9-4-5-13-33(26)34/h1-25,39H. The largest absolute Gasteiger partial charge is 0.355 e. The molecule has 0 aliphatic rings. The lowest BCUT2D eigenvalue weighted by Gasteiger charge is -2.11. The van der Waals surface area contributed by atoms with Crippen molar-refractivity contribution in [1.82, 2.24) is 4.57 Å². The van der Waals surface area contributed by atoms with Gasteiger partial charge in [-0.1, -0.05) is 97.1 Å². The summed E-state index contributed by atoms with van der Waals surface area (Å²) in [5.41, 5.74) is 8.26. The first-order valence-corrected chi connectivity index (χ1v) is 13.7. The molecule has 1 N–H and O–H groups in total. The van der Waals surface area contributed by atoms with Gasteiger partial charge in [-0.05, 0) is 87.3 Å². The zero-order valence-corrected chi connectivity index (χ0v) is 21.9. The Morgan fingerprint density at radius 2 is 1.07 bits per heavy atom. The summed E-state index contributed by atoms with van der Waals surface area (Å²) in [5, 5.41) is 11.2. The molecule has 0 spiro atoms. The Labute approximate surface area is 232 Å². The molecule has 0 bridgehead atoms. The van der Waals surface area contributed by atoms with Crippen molar-refractivity contribution >= 4 is 54.7 Å². The Morgan fingerprint density at radius 1 is 0.400 bits per heavy atom. The van der Waals surface area contributed by atoms with Gasteiger partial charge >= 0.3 is 0 Å². The number of nitrogens with one attached hydrogen (secondary N) is 1. The van der Waals surface area contributed by atoms with E-state index in [9.17, 15) is 0 Å². The fourth-order valence-electron chi connectivity index (χ4n) is 6.04. The molecule has 0 atom stereocenters. The summed E-state index contributed by atoms with van der Waals surface area (Å²) < 4.78 is 2.35. The molecule has 40 heavy (non-hydrogen) atoms. The van der Waals surface area contributed by atoms with Gasteiger partial charge in [0.2, 0.25) is 0 Å². The van der Waals surface area contributed by atoms with Crippen molar-refractivity contribution < 1.29 is 0 Å². The lowest BCUT2D eigenvalue weighted by atomic mass is 9.96. The molecule has 0 aliphatic carbocycles. The summed E-state index contributed by atoms with van der Waals surface area (Å²) in [6, 6.07) is 54.4. The fourth-order valence-corrected chi connectivity index (χ4v) is 6.04. The number of anilines is 2. The van der Waals surface area contributed by atoms with Crippen molar-refractivity contribution in [1.29, 1.82) is 0 Å². The van der Waals surface area contributed by atoms with Crippen LogP contribution in [0.15, 0.2) is 152 Å². The predicted molar refractivity (Wildman–Crippen MR) is 171 cm³/mol. The van der Waals surface area contributed by atoms with E-state index in [0.29, 0.717) is 0 Å². The van der Waals surface area contributed by atoms with Crippen LogP contribution < -0.4 is 5.32 Å². The Morgan fingerprint density at radius 3 is 2.00 bits per heavy atom. The van der Waals surface area contributed by atoms with Gasteiger partial charge in [0, 0.05) is 27.8 Å². The van der Waals surface area contributed by atoms with Gasteiger partial charge < -0.3 is 9.88 Å². The summed E-state index contributed by atoms with van der Waals surface area (Å²) in [6.45, 7) is 0. The lowest BCUT2D eigenvalue weighted by Crippen LogP contribution is -1.94. The van der Waals surface area contributed by atoms with Crippen LogP contribution in [0.4, 0.5) is 11.4 Å². The SMILES string of the molecule is c1ccc(-n2c3ccccc3c3cc(Nc4ccc5cc(-c6cccc7ccccc67)ccc5c4)ccc32)cc1. The topological polar surface area (TPSA) is 17.0 Å². The third kappa shape index (κ3) is 3.73. The van der Waals surface area contributed by atoms with Crippen molar-refractivity contribution in [3.05, 3.63) is 152 Å². The monoisotopic (exact) mass is 510 g/mol. The van der Waals surface area contributed by atoms with Crippen LogP contribution in [-0.4, -0.2) is 4.57 Å². The summed E-state index contributed by atoms with van der Waals surface area (Å²) in [4.78, 5) is 0. The Kier molecular flexibility index (Phi) is 5.17. The molecule has 2 heteroatoms. The van der Waals surface area contributed by atoms with E-state index in [0.717, 1.165) is 11.4 Å². The van der Waals surface area contributed by atoms with E-state index in [1.807, 2.05) is 0 Å². The molecule has 188 valence electrons. The van der Waals surface area contributed by atoms with Crippen LogP contribution in [0.1, 0.15) is 0 Å². The van der Waals surface area contributed by atoms with Gasteiger partial charge in [0.1, 0.15) is 0 Å². The maximum atomic E-state index is 3.66. The first kappa shape index (κ1) is 22.6. The van der Waals surface area contributed by atoms with E-state index in [-0.39, 0.29) is 0 Å². The average molecular weight is 511 g/mol. The maximum absolute atomic E-state index is 3.66. The Hall–Kier alpha value is -5.34. The second-order valence-corrected chi connectivity index (χ2v) is 10.3. The van der Waals surface area contributed by atoms with Crippen LogP contribution >= 0.6 is 0 Å². The van der Waals surface area contributed by atoms with Crippen molar-refractivity contribution in [2.24, 2.45) is 0 Å². The molecule has 7 aromatic carbocycles. The minimum atomic E-state index is 1.08. The molecule has 0 aliphatic heterocycles. The van der Waals surface area contributed by atoms with E-state index < -0.39 is 0 Å². The number of benzene rings is 7. The number of para-hydroxylation sites is 2. The molecule has 0 unspecified atom stereocenters. The minimum absolute atomic E-state index is 1.08. The van der Waals surface area contributed by atoms with E-state index in [1.165, 1.54) is 60.2 Å². The molecular weight excluding hydrogens is 484 g/mol. The molecule has 1 aromatic heterocycles. The Balaban J connectivity index is 1.16. The zero-order chi connectivity index (χ0) is 26.5. The second-order valence-electron chi connectivity index (χ2n) is 10.3. The highest BCUT2D eigenvalue weighted by Crippen LogP contribution is 2.35. The van der Waals surface area contributed by atoms with Crippen LogP contribution in [0.5, 0.6) is 0 Å². The third-order valence-corrected chi connectivity index (χ3v) is 7.92. The average Bonchev–Trinajstić information content (AvgIpc) is 3.35. The highest BCUT2D eigenvalue weighted by Gasteiger charge is 2.12.